The van der Waals surface area contributed by atoms with Gasteiger partial charge in [0.2, 0.25) is 11.8 Å². The second-order valence-corrected chi connectivity index (χ2v) is 7.75. The lowest BCUT2D eigenvalue weighted by atomic mass is 10.1. The highest BCUT2D eigenvalue weighted by Gasteiger charge is 2.17. The maximum Gasteiger partial charge on any atom is 0.244 e. The van der Waals surface area contributed by atoms with Crippen LogP contribution in [0.15, 0.2) is 60.0 Å². The number of ether oxygens (including phenoxy) is 2. The number of methoxy groups -OCH3 is 2. The zero-order chi connectivity index (χ0) is 23.1. The lowest BCUT2D eigenvalue weighted by Gasteiger charge is -2.17. The van der Waals surface area contributed by atoms with Gasteiger partial charge in [-0.25, -0.2) is 4.98 Å². The zero-order valence-corrected chi connectivity index (χ0v) is 19.2. The predicted molar refractivity (Wildman–Crippen MR) is 127 cm³/mol. The van der Waals surface area contributed by atoms with Gasteiger partial charge in [-0.15, -0.1) is 11.3 Å². The third-order valence-electron chi connectivity index (χ3n) is 4.70. The van der Waals surface area contributed by atoms with E-state index in [0.717, 1.165) is 11.3 Å². The molecule has 0 bridgehead atoms. The van der Waals surface area contributed by atoms with E-state index < -0.39 is 0 Å². The van der Waals surface area contributed by atoms with E-state index in [-0.39, 0.29) is 17.9 Å². The van der Waals surface area contributed by atoms with Crippen molar-refractivity contribution in [2.75, 3.05) is 19.1 Å². The van der Waals surface area contributed by atoms with Gasteiger partial charge in [0.1, 0.15) is 11.5 Å². The van der Waals surface area contributed by atoms with Crippen molar-refractivity contribution in [1.29, 1.82) is 0 Å². The summed E-state index contributed by atoms with van der Waals surface area (Å²) >= 11 is 1.33. The van der Waals surface area contributed by atoms with Crippen LogP contribution in [-0.2, 0) is 9.59 Å². The van der Waals surface area contributed by atoms with Crippen molar-refractivity contribution < 1.29 is 19.1 Å². The van der Waals surface area contributed by atoms with Gasteiger partial charge < -0.3 is 14.8 Å². The van der Waals surface area contributed by atoms with Crippen LogP contribution in [0.1, 0.15) is 31.1 Å². The van der Waals surface area contributed by atoms with Crippen LogP contribution in [0, 0.1) is 0 Å². The minimum Gasteiger partial charge on any atom is -0.497 e. The highest BCUT2D eigenvalue weighted by Crippen LogP contribution is 2.30. The Bertz CT molecular complexity index is 1110. The number of rotatable bonds is 8. The van der Waals surface area contributed by atoms with Gasteiger partial charge >= 0.3 is 0 Å². The Labute approximate surface area is 191 Å². The molecule has 1 heterocycles. The summed E-state index contributed by atoms with van der Waals surface area (Å²) in [5, 5.41) is 5.26. The molecule has 0 saturated heterocycles. The van der Waals surface area contributed by atoms with Crippen LogP contribution in [0.4, 0.5) is 10.8 Å². The third-order valence-corrected chi connectivity index (χ3v) is 5.55. The normalized spacial score (nSPS) is 11.8. The first-order chi connectivity index (χ1) is 15.4. The number of carbonyl (C=O) groups excluding carboxylic acids is 2. The highest BCUT2D eigenvalue weighted by molar-refractivity contribution is 7.14. The van der Waals surface area contributed by atoms with E-state index in [0.29, 0.717) is 22.3 Å². The standard InChI is InChI=1S/C24H25N3O4S/c1-16(21-12-11-20(30-3)14-22(21)31-4)25-23(29)13-10-18-15-32-24(26-18)27(17(2)28)19-8-6-5-7-9-19/h5-16H,1-4H3,(H,25,29)/b13-10+. The van der Waals surface area contributed by atoms with Crippen molar-refractivity contribution in [1.82, 2.24) is 10.3 Å². The fourth-order valence-electron chi connectivity index (χ4n) is 3.14. The minimum atomic E-state index is -0.273. The maximum absolute atomic E-state index is 12.4. The number of hydrogen-bond acceptors (Lipinski definition) is 6. The van der Waals surface area contributed by atoms with Crippen molar-refractivity contribution in [2.24, 2.45) is 0 Å². The first-order valence-electron chi connectivity index (χ1n) is 9.94. The second-order valence-electron chi connectivity index (χ2n) is 6.92. The van der Waals surface area contributed by atoms with Gasteiger partial charge in [0.05, 0.1) is 31.6 Å². The van der Waals surface area contributed by atoms with Crippen molar-refractivity contribution >= 4 is 40.0 Å². The van der Waals surface area contributed by atoms with E-state index in [1.165, 1.54) is 24.3 Å². The molecule has 3 aromatic rings. The van der Waals surface area contributed by atoms with Crippen LogP contribution in [0.25, 0.3) is 6.08 Å². The molecule has 1 aromatic heterocycles. The molecule has 0 aliphatic rings. The maximum atomic E-state index is 12.4. The molecule has 0 spiro atoms. The fraction of sp³-hybridized carbons (Fsp3) is 0.208. The molecule has 8 heteroatoms. The molecular weight excluding hydrogens is 426 g/mol. The monoisotopic (exact) mass is 451 g/mol. The van der Waals surface area contributed by atoms with Gasteiger partial charge in [0, 0.05) is 30.0 Å². The molecule has 1 atom stereocenters. The van der Waals surface area contributed by atoms with Gasteiger partial charge in [-0.2, -0.15) is 0 Å². The van der Waals surface area contributed by atoms with Crippen molar-refractivity contribution in [3.63, 3.8) is 0 Å². The number of hydrogen-bond donors (Lipinski definition) is 1. The SMILES string of the molecule is COc1ccc(C(C)NC(=O)/C=C/c2csc(N(C(C)=O)c3ccccc3)n2)c(OC)c1. The molecule has 166 valence electrons. The van der Waals surface area contributed by atoms with E-state index in [1.807, 2.05) is 49.4 Å². The number of thiazole rings is 1. The summed E-state index contributed by atoms with van der Waals surface area (Å²) < 4.78 is 10.6. The molecule has 3 rings (SSSR count). The molecular formula is C24H25N3O4S. The Hall–Kier alpha value is -3.65. The van der Waals surface area contributed by atoms with Gasteiger partial charge in [-0.05, 0) is 37.3 Å². The molecule has 0 aliphatic heterocycles. The summed E-state index contributed by atoms with van der Waals surface area (Å²) in [6, 6.07) is 14.5. The molecule has 1 N–H and O–H groups in total. The molecule has 0 fully saturated rings. The van der Waals surface area contributed by atoms with E-state index in [2.05, 4.69) is 10.3 Å². The van der Waals surface area contributed by atoms with E-state index in [9.17, 15) is 9.59 Å². The molecule has 1 unspecified atom stereocenters. The number of amides is 2. The van der Waals surface area contributed by atoms with E-state index in [4.69, 9.17) is 9.47 Å². The number of anilines is 2. The molecule has 7 nitrogen and oxygen atoms in total. The number of benzene rings is 2. The fourth-order valence-corrected chi connectivity index (χ4v) is 3.99. The second kappa shape index (κ2) is 10.6. The van der Waals surface area contributed by atoms with Crippen molar-refractivity contribution in [2.45, 2.75) is 19.9 Å². The number of para-hydroxylation sites is 1. The molecule has 0 aliphatic carbocycles. The quantitative estimate of drug-likeness (QED) is 0.501. The molecule has 32 heavy (non-hydrogen) atoms. The zero-order valence-electron chi connectivity index (χ0n) is 18.4. The number of nitrogens with zero attached hydrogens (tertiary/aromatic N) is 2. The Morgan fingerprint density at radius 1 is 1.12 bits per heavy atom. The van der Waals surface area contributed by atoms with E-state index >= 15 is 0 Å². The Balaban J connectivity index is 1.69. The van der Waals surface area contributed by atoms with Gasteiger partial charge in [0.25, 0.3) is 0 Å². The smallest absolute Gasteiger partial charge is 0.244 e. The van der Waals surface area contributed by atoms with E-state index in [1.54, 1.807) is 36.6 Å². The van der Waals surface area contributed by atoms with Gasteiger partial charge in [0.15, 0.2) is 5.13 Å². The predicted octanol–water partition coefficient (Wildman–Crippen LogP) is 4.74. The van der Waals surface area contributed by atoms with Crippen LogP contribution in [0.3, 0.4) is 0 Å². The first-order valence-corrected chi connectivity index (χ1v) is 10.8. The molecule has 0 radical (unpaired) electrons. The average molecular weight is 452 g/mol. The number of aromatic nitrogens is 1. The van der Waals surface area contributed by atoms with Crippen LogP contribution in [0.5, 0.6) is 11.5 Å². The lowest BCUT2D eigenvalue weighted by molar-refractivity contribution is -0.117. The summed E-state index contributed by atoms with van der Waals surface area (Å²) in [4.78, 5) is 30.6. The van der Waals surface area contributed by atoms with Gasteiger partial charge in [-0.1, -0.05) is 18.2 Å². The topological polar surface area (TPSA) is 80.8 Å². The summed E-state index contributed by atoms with van der Waals surface area (Å²) in [5.41, 5.74) is 2.17. The highest BCUT2D eigenvalue weighted by atomic mass is 32.1. The lowest BCUT2D eigenvalue weighted by Crippen LogP contribution is -2.25. The molecule has 2 aromatic carbocycles. The average Bonchev–Trinajstić information content (AvgIpc) is 3.26. The van der Waals surface area contributed by atoms with Crippen LogP contribution in [0.2, 0.25) is 0 Å². The Morgan fingerprint density at radius 2 is 1.88 bits per heavy atom. The largest absolute Gasteiger partial charge is 0.497 e. The van der Waals surface area contributed by atoms with Crippen molar-refractivity contribution in [3.05, 3.63) is 71.2 Å². The number of carbonyl (C=O) groups is 2. The van der Waals surface area contributed by atoms with Gasteiger partial charge in [-0.3, -0.25) is 14.5 Å². The summed E-state index contributed by atoms with van der Waals surface area (Å²) in [6.45, 7) is 3.37. The van der Waals surface area contributed by atoms with Crippen molar-refractivity contribution in [3.8, 4) is 11.5 Å². The summed E-state index contributed by atoms with van der Waals surface area (Å²) in [5.74, 6) is 0.909. The summed E-state index contributed by atoms with van der Waals surface area (Å²) in [6.07, 6.45) is 3.04. The minimum absolute atomic E-state index is 0.138. The Morgan fingerprint density at radius 3 is 2.53 bits per heavy atom. The summed E-state index contributed by atoms with van der Waals surface area (Å²) in [7, 11) is 3.16. The Kier molecular flexibility index (Phi) is 7.62. The third kappa shape index (κ3) is 5.53. The van der Waals surface area contributed by atoms with Crippen LogP contribution in [-0.4, -0.2) is 31.0 Å². The van der Waals surface area contributed by atoms with Crippen LogP contribution >= 0.6 is 11.3 Å². The molecule has 0 saturated carbocycles. The molecule has 2 amide bonds. The number of nitrogens with one attached hydrogen (secondary N) is 1. The van der Waals surface area contributed by atoms with Crippen LogP contribution < -0.4 is 19.7 Å². The first kappa shape index (κ1) is 23.0.